The Hall–Kier alpha value is -2.89. The molecule has 0 aliphatic heterocycles. The highest BCUT2D eigenvalue weighted by molar-refractivity contribution is 5.71. The van der Waals surface area contributed by atoms with E-state index in [1.54, 1.807) is 0 Å². The highest BCUT2D eigenvalue weighted by Crippen LogP contribution is 2.18. The Kier molecular flexibility index (Phi) is 62.2. The van der Waals surface area contributed by atoms with Crippen LogP contribution in [0.3, 0.4) is 0 Å². The van der Waals surface area contributed by atoms with Gasteiger partial charge in [-0.1, -0.05) is 326 Å². The third-order valence-electron chi connectivity index (χ3n) is 14.8. The van der Waals surface area contributed by atoms with Crippen LogP contribution in [0.4, 0.5) is 0 Å². The van der Waals surface area contributed by atoms with Gasteiger partial charge in [0.2, 0.25) is 0 Å². The summed E-state index contributed by atoms with van der Waals surface area (Å²) in [5.74, 6) is -0.895. The summed E-state index contributed by atoms with van der Waals surface area (Å²) in [6, 6.07) is 0. The lowest BCUT2D eigenvalue weighted by atomic mass is 10.0. The van der Waals surface area contributed by atoms with E-state index in [4.69, 9.17) is 14.2 Å². The fourth-order valence-electron chi connectivity index (χ4n) is 9.83. The Labute approximate surface area is 472 Å². The van der Waals surface area contributed by atoms with Crippen LogP contribution in [0, 0.1) is 0 Å². The summed E-state index contributed by atoms with van der Waals surface area (Å²) in [5.41, 5.74) is 0. The van der Waals surface area contributed by atoms with Gasteiger partial charge in [-0.3, -0.25) is 14.4 Å². The number of rotatable bonds is 61. The van der Waals surface area contributed by atoms with Gasteiger partial charge in [0.15, 0.2) is 6.10 Å². The molecule has 0 rings (SSSR count). The highest BCUT2D eigenvalue weighted by atomic mass is 16.6. The molecule has 0 aromatic rings. The van der Waals surface area contributed by atoms with E-state index in [0.717, 1.165) is 96.3 Å². The van der Waals surface area contributed by atoms with Gasteiger partial charge in [0.05, 0.1) is 0 Å². The zero-order valence-corrected chi connectivity index (χ0v) is 50.8. The number of esters is 3. The van der Waals surface area contributed by atoms with Crippen molar-refractivity contribution in [2.75, 3.05) is 13.2 Å². The van der Waals surface area contributed by atoms with Gasteiger partial charge in [0.25, 0.3) is 0 Å². The van der Waals surface area contributed by atoms with E-state index in [9.17, 15) is 14.4 Å². The van der Waals surface area contributed by atoms with Crippen LogP contribution in [0.25, 0.3) is 0 Å². The number of unbranched alkanes of at least 4 members (excludes halogenated alkanes) is 40. The first-order valence-corrected chi connectivity index (χ1v) is 33.3. The molecule has 0 fully saturated rings. The van der Waals surface area contributed by atoms with E-state index in [2.05, 4.69) is 81.5 Å². The molecule has 0 spiro atoms. The van der Waals surface area contributed by atoms with Crippen molar-refractivity contribution in [1.29, 1.82) is 0 Å². The van der Waals surface area contributed by atoms with Crippen molar-refractivity contribution >= 4 is 17.9 Å². The summed E-state index contributed by atoms with van der Waals surface area (Å²) in [6.07, 6.45) is 82.4. The summed E-state index contributed by atoms with van der Waals surface area (Å²) < 4.78 is 16.9. The predicted molar refractivity (Wildman–Crippen MR) is 330 cm³/mol. The van der Waals surface area contributed by atoms with E-state index < -0.39 is 6.10 Å². The molecule has 0 amide bonds. The smallest absolute Gasteiger partial charge is 0.306 e. The van der Waals surface area contributed by atoms with Gasteiger partial charge in [0, 0.05) is 19.3 Å². The summed E-state index contributed by atoms with van der Waals surface area (Å²) in [7, 11) is 0. The van der Waals surface area contributed by atoms with Gasteiger partial charge in [-0.05, 0) is 64.2 Å². The molecule has 1 atom stereocenters. The lowest BCUT2D eigenvalue weighted by molar-refractivity contribution is -0.167. The fraction of sp³-hybridized carbons (Fsp3) is 0.814. The van der Waals surface area contributed by atoms with Gasteiger partial charge < -0.3 is 14.2 Å². The minimum Gasteiger partial charge on any atom is -0.462 e. The third-order valence-corrected chi connectivity index (χ3v) is 14.8. The standard InChI is InChI=1S/C70H126O6/c1-4-7-10-13-16-19-22-25-27-29-31-32-33-34-35-36-37-39-40-42-45-48-51-54-57-60-63-69(72)75-66-67(65-74-68(71)62-59-56-53-50-47-44-24-21-18-15-12-9-6-3)76-70(73)64-61-58-55-52-49-46-43-41-38-30-28-26-23-20-17-14-11-8-5-2/h8,11,17,20,26,28,38,41,46,49,67H,4-7,9-10,12-16,18-19,21-25,27,29-37,39-40,42-45,47-48,50-66H2,1-3H3/b11-8-,20-17-,28-26-,41-38-,49-46-. The largest absolute Gasteiger partial charge is 0.462 e. The Balaban J connectivity index is 4.28. The van der Waals surface area contributed by atoms with Crippen LogP contribution in [0.2, 0.25) is 0 Å². The van der Waals surface area contributed by atoms with Crippen molar-refractivity contribution < 1.29 is 28.6 Å². The first kappa shape index (κ1) is 73.1. The van der Waals surface area contributed by atoms with Crippen molar-refractivity contribution in [2.45, 2.75) is 354 Å². The van der Waals surface area contributed by atoms with Crippen molar-refractivity contribution in [3.63, 3.8) is 0 Å². The minimum absolute atomic E-state index is 0.0832. The lowest BCUT2D eigenvalue weighted by Gasteiger charge is -2.18. The van der Waals surface area contributed by atoms with Gasteiger partial charge in [-0.2, -0.15) is 0 Å². The second-order valence-corrected chi connectivity index (χ2v) is 22.4. The van der Waals surface area contributed by atoms with Crippen LogP contribution in [0.5, 0.6) is 0 Å². The molecule has 6 heteroatoms. The highest BCUT2D eigenvalue weighted by Gasteiger charge is 2.19. The molecule has 0 N–H and O–H groups in total. The normalized spacial score (nSPS) is 12.4. The molecule has 0 saturated heterocycles. The Morgan fingerprint density at radius 3 is 0.803 bits per heavy atom. The van der Waals surface area contributed by atoms with Crippen LogP contribution < -0.4 is 0 Å². The van der Waals surface area contributed by atoms with Crippen molar-refractivity contribution in [2.24, 2.45) is 0 Å². The lowest BCUT2D eigenvalue weighted by Crippen LogP contribution is -2.30. The molecular weight excluding hydrogens is 937 g/mol. The van der Waals surface area contributed by atoms with Crippen LogP contribution >= 0.6 is 0 Å². The second-order valence-electron chi connectivity index (χ2n) is 22.4. The van der Waals surface area contributed by atoms with Crippen molar-refractivity contribution in [3.05, 3.63) is 60.8 Å². The maximum Gasteiger partial charge on any atom is 0.306 e. The number of hydrogen-bond donors (Lipinski definition) is 0. The first-order valence-electron chi connectivity index (χ1n) is 33.3. The molecule has 0 aliphatic carbocycles. The maximum atomic E-state index is 12.9. The summed E-state index contributed by atoms with van der Waals surface area (Å²) in [5, 5.41) is 0. The Morgan fingerprint density at radius 1 is 0.276 bits per heavy atom. The Bertz CT molecular complexity index is 1360. The molecule has 0 aromatic carbocycles. The number of hydrogen-bond acceptors (Lipinski definition) is 6. The molecule has 0 aromatic heterocycles. The molecule has 1 unspecified atom stereocenters. The number of carbonyl (C=O) groups is 3. The molecule has 442 valence electrons. The number of allylic oxidation sites excluding steroid dienone is 10. The molecule has 6 nitrogen and oxygen atoms in total. The van der Waals surface area contributed by atoms with Crippen molar-refractivity contribution in [3.8, 4) is 0 Å². The third kappa shape index (κ3) is 62.0. The zero-order valence-electron chi connectivity index (χ0n) is 50.8. The summed E-state index contributed by atoms with van der Waals surface area (Å²) in [6.45, 7) is 6.55. The summed E-state index contributed by atoms with van der Waals surface area (Å²) in [4.78, 5) is 38.3. The van der Waals surface area contributed by atoms with E-state index in [0.29, 0.717) is 19.3 Å². The van der Waals surface area contributed by atoms with E-state index in [1.807, 2.05) is 0 Å². The van der Waals surface area contributed by atoms with Gasteiger partial charge in [-0.25, -0.2) is 0 Å². The van der Waals surface area contributed by atoms with Crippen LogP contribution in [-0.4, -0.2) is 37.2 Å². The van der Waals surface area contributed by atoms with Crippen LogP contribution in [0.1, 0.15) is 348 Å². The van der Waals surface area contributed by atoms with Crippen molar-refractivity contribution in [1.82, 2.24) is 0 Å². The molecule has 0 aliphatic rings. The predicted octanol–water partition coefficient (Wildman–Crippen LogP) is 22.7. The average molecular weight is 1060 g/mol. The van der Waals surface area contributed by atoms with Crippen LogP contribution in [0.15, 0.2) is 60.8 Å². The SMILES string of the molecule is CC/C=C\C/C=C\C/C=C\C/C=C\C/C=C\CCCCCC(=O)OC(COC(=O)CCCCCCCCCCCCCCC)COC(=O)CCCCCCCCCCCCCCCCCCCCCCCCCCCC. The molecule has 0 radical (unpaired) electrons. The van der Waals surface area contributed by atoms with Gasteiger partial charge >= 0.3 is 17.9 Å². The van der Waals surface area contributed by atoms with Gasteiger partial charge in [0.1, 0.15) is 13.2 Å². The molecule has 76 heavy (non-hydrogen) atoms. The minimum atomic E-state index is -0.790. The zero-order chi connectivity index (χ0) is 55.0. The Morgan fingerprint density at radius 2 is 0.513 bits per heavy atom. The number of carbonyl (C=O) groups excluding carboxylic acids is 3. The molecular formula is C70H126O6. The van der Waals surface area contributed by atoms with E-state index >= 15 is 0 Å². The topological polar surface area (TPSA) is 78.9 Å². The fourth-order valence-corrected chi connectivity index (χ4v) is 9.83. The molecule has 0 saturated carbocycles. The second kappa shape index (κ2) is 64.6. The maximum absolute atomic E-state index is 12.9. The van der Waals surface area contributed by atoms with E-state index in [1.165, 1.54) is 212 Å². The van der Waals surface area contributed by atoms with Crippen LogP contribution in [-0.2, 0) is 28.6 Å². The first-order chi connectivity index (χ1) is 37.5. The summed E-state index contributed by atoms with van der Waals surface area (Å²) >= 11 is 0. The number of ether oxygens (including phenoxy) is 3. The monoisotopic (exact) mass is 1060 g/mol. The quantitative estimate of drug-likeness (QED) is 0.0261. The van der Waals surface area contributed by atoms with E-state index in [-0.39, 0.29) is 31.1 Å². The molecule has 0 bridgehead atoms. The van der Waals surface area contributed by atoms with Gasteiger partial charge in [-0.15, -0.1) is 0 Å². The average Bonchev–Trinajstić information content (AvgIpc) is 3.42. The molecule has 0 heterocycles.